The van der Waals surface area contributed by atoms with Crippen molar-refractivity contribution in [3.63, 3.8) is 0 Å². The number of halogens is 9. The number of nitrogens with one attached hydrogen (secondary N) is 3. The van der Waals surface area contributed by atoms with E-state index in [2.05, 4.69) is 30.9 Å². The number of ether oxygens (including phenoxy) is 2. The Morgan fingerprint density at radius 3 is 1.71 bits per heavy atom. The molecular weight excluding hydrogens is 1050 g/mol. The molecule has 0 spiro atoms. The van der Waals surface area contributed by atoms with E-state index >= 15 is 0 Å². The molecule has 0 atom stereocenters. The van der Waals surface area contributed by atoms with E-state index < -0.39 is 39.0 Å². The molecule has 1 amide bonds. The summed E-state index contributed by atoms with van der Waals surface area (Å²) in [7, 11) is 0. The lowest BCUT2D eigenvalue weighted by Crippen LogP contribution is -2.35. The maximum absolute atomic E-state index is 12.6. The zero-order valence-corrected chi connectivity index (χ0v) is 40.8. The van der Waals surface area contributed by atoms with Crippen LogP contribution in [-0.2, 0) is 11.0 Å². The van der Waals surface area contributed by atoms with E-state index in [1.165, 1.54) is 30.3 Å². The van der Waals surface area contributed by atoms with Gasteiger partial charge >= 0.3 is 11.9 Å². The highest BCUT2D eigenvalue weighted by atomic mass is 35.5. The van der Waals surface area contributed by atoms with Crippen molar-refractivity contribution >= 4 is 116 Å². The highest BCUT2D eigenvalue weighted by molar-refractivity contribution is 6.54. The molecule has 0 bridgehead atoms. The summed E-state index contributed by atoms with van der Waals surface area (Å²) in [5.74, 6) is -1.57. The van der Waals surface area contributed by atoms with E-state index in [1.54, 1.807) is 43.3 Å². The number of anilines is 2. The van der Waals surface area contributed by atoms with Gasteiger partial charge in [-0.1, -0.05) is 107 Å². The van der Waals surface area contributed by atoms with Gasteiger partial charge in [0.2, 0.25) is 46.1 Å². The van der Waals surface area contributed by atoms with Crippen molar-refractivity contribution in [3.8, 4) is 17.2 Å². The van der Waals surface area contributed by atoms with Crippen LogP contribution in [0.2, 0.25) is 10.3 Å². The lowest BCUT2D eigenvalue weighted by Gasteiger charge is -2.18. The van der Waals surface area contributed by atoms with Crippen LogP contribution >= 0.6 is 69.6 Å². The van der Waals surface area contributed by atoms with Gasteiger partial charge in [-0.3, -0.25) is 34.1 Å². The predicted molar refractivity (Wildman–Crippen MR) is 258 cm³/mol. The zero-order valence-electron chi connectivity index (χ0n) is 36.2. The number of ketones is 4. The molecule has 7 rings (SSSR count). The first-order valence-electron chi connectivity index (χ1n) is 19.9. The second kappa shape index (κ2) is 25.3. The third-order valence-electron chi connectivity index (χ3n) is 8.80. The first-order chi connectivity index (χ1) is 33.0. The number of hydrogen-bond donors (Lipinski definition) is 4. The summed E-state index contributed by atoms with van der Waals surface area (Å²) in [5, 5.41) is 18.4. The van der Waals surface area contributed by atoms with Crippen molar-refractivity contribution < 1.29 is 51.5 Å². The number of nitrogens with zero attached hydrogens (tertiary/aromatic N) is 4. The number of rotatable bonds is 11. The van der Waals surface area contributed by atoms with Gasteiger partial charge in [-0.25, -0.2) is 0 Å². The fraction of sp³-hybridized carbons (Fsp3) is 0.182. The molecule has 1 heterocycles. The van der Waals surface area contributed by atoms with E-state index in [0.29, 0.717) is 23.0 Å². The third-order valence-corrected chi connectivity index (χ3v) is 10.4. The Kier molecular flexibility index (Phi) is 20.3. The highest BCUT2D eigenvalue weighted by Crippen LogP contribution is 2.39. The summed E-state index contributed by atoms with van der Waals surface area (Å²) >= 11 is 33.7. The van der Waals surface area contributed by atoms with Crippen molar-refractivity contribution in [3.05, 3.63) is 155 Å². The molecule has 2 aliphatic carbocycles. The fourth-order valence-corrected chi connectivity index (χ4v) is 6.60. The van der Waals surface area contributed by atoms with Gasteiger partial charge < -0.3 is 31.2 Å². The van der Waals surface area contributed by atoms with Crippen molar-refractivity contribution in [1.82, 2.24) is 20.3 Å². The van der Waals surface area contributed by atoms with Gasteiger partial charge in [0.05, 0.1) is 22.1 Å². The second-order valence-electron chi connectivity index (χ2n) is 13.5. The number of hydrogen-bond acceptors (Lipinski definition) is 15. The number of benzene rings is 4. The van der Waals surface area contributed by atoms with Crippen LogP contribution in [0.15, 0.2) is 106 Å². The average Bonchev–Trinajstić information content (AvgIpc) is 3.32. The van der Waals surface area contributed by atoms with E-state index in [1.807, 2.05) is 13.8 Å². The molecule has 0 radical (unpaired) electrons. The van der Waals surface area contributed by atoms with Crippen LogP contribution < -0.4 is 31.2 Å². The van der Waals surface area contributed by atoms with Crippen LogP contribution in [0, 0.1) is 10.1 Å². The van der Waals surface area contributed by atoms with E-state index in [4.69, 9.17) is 84.8 Å². The van der Waals surface area contributed by atoms with Gasteiger partial charge in [0.15, 0.2) is 4.84 Å². The molecule has 1 aromatic heterocycles. The van der Waals surface area contributed by atoms with Crippen molar-refractivity contribution in [2.45, 2.75) is 31.8 Å². The maximum atomic E-state index is 12.6. The molecule has 0 unspecified atom stereocenters. The number of fused-ring (bicyclic) bond motifs is 2. The number of Topliss-reactive ketones (excluding diaryl/α,β-unsaturated/α-hetero) is 4. The molecular formula is C44H35Cl6F3N8O9. The quantitative estimate of drug-likeness (QED) is 0.0546. The summed E-state index contributed by atoms with van der Waals surface area (Å²) in [6.45, 7) is 7.29. The summed E-state index contributed by atoms with van der Waals surface area (Å²) < 4.78 is 48.4. The molecule has 368 valence electrons. The molecule has 5 N–H and O–H groups in total. The van der Waals surface area contributed by atoms with Crippen molar-refractivity contribution in [2.24, 2.45) is 5.73 Å². The number of allylic oxidation sites excluding steroid dienone is 4. The van der Waals surface area contributed by atoms with Crippen LogP contribution in [0.3, 0.4) is 0 Å². The smallest absolute Gasteiger partial charge is 0.416 e. The molecule has 26 heteroatoms. The highest BCUT2D eigenvalue weighted by Gasteiger charge is 2.34. The van der Waals surface area contributed by atoms with Crippen LogP contribution in [0.4, 0.5) is 30.8 Å². The molecule has 17 nitrogen and oxygen atoms in total. The Morgan fingerprint density at radius 1 is 0.729 bits per heavy atom. The number of nitro benzene ring substituents is 1. The van der Waals surface area contributed by atoms with Crippen LogP contribution in [0.5, 0.6) is 17.2 Å². The van der Waals surface area contributed by atoms with Gasteiger partial charge in [-0.15, -0.1) is 0 Å². The minimum absolute atomic E-state index is 0.0111. The number of alkyl halides is 5. The second-order valence-corrected chi connectivity index (χ2v) is 16.1. The number of nitro groups is 1. The zero-order chi connectivity index (χ0) is 52.0. The summed E-state index contributed by atoms with van der Waals surface area (Å²) in [6, 6.07) is 19.1. The molecule has 2 aliphatic rings. The van der Waals surface area contributed by atoms with Crippen molar-refractivity contribution in [1.29, 1.82) is 0 Å². The number of amides is 1. The Labute approximate surface area is 425 Å². The molecule has 70 heavy (non-hydrogen) atoms. The monoisotopic (exact) mass is 1090 g/mol. The number of aromatic nitrogens is 3. The average molecular weight is 1090 g/mol. The predicted octanol–water partition coefficient (Wildman–Crippen LogP) is 10.8. The molecule has 0 saturated carbocycles. The van der Waals surface area contributed by atoms with Gasteiger partial charge in [-0.05, 0) is 56.6 Å². The van der Waals surface area contributed by atoms with Crippen LogP contribution in [0.25, 0.3) is 0 Å². The van der Waals surface area contributed by atoms with E-state index in [0.717, 1.165) is 31.3 Å². The summed E-state index contributed by atoms with van der Waals surface area (Å²) in [4.78, 5) is 79.4. The van der Waals surface area contributed by atoms with E-state index in [9.17, 15) is 47.3 Å². The third kappa shape index (κ3) is 14.5. The Balaban J connectivity index is 0.000000209. The lowest BCUT2D eigenvalue weighted by atomic mass is 9.92. The first kappa shape index (κ1) is 56.0. The lowest BCUT2D eigenvalue weighted by molar-refractivity contribution is -0.385. The number of nitrogens with two attached hydrogens (primary N) is 1. The van der Waals surface area contributed by atoms with E-state index in [-0.39, 0.29) is 84.0 Å². The summed E-state index contributed by atoms with van der Waals surface area (Å²) in [6.07, 6.45) is -4.52. The van der Waals surface area contributed by atoms with Gasteiger partial charge in [-0.2, -0.15) is 28.1 Å². The van der Waals surface area contributed by atoms with Crippen LogP contribution in [0.1, 0.15) is 67.8 Å². The molecule has 0 aliphatic heterocycles. The SMILES string of the molecule is CCNc1nc(Cl)nc(NCC)n1.CCOc1cc(Oc2ccc(C(F)(F)F)cc2Cl)ccc1[N+](=O)[O-].NC1=C(Cl)C(=O)c2ccccc2C1=O.O=C1C(Cl)=C(NC(=O)C(Cl)Cl)C(=O)c2ccccc21. The topological polar surface area (TPSA) is 248 Å². The minimum Gasteiger partial charge on any atom is -0.487 e. The summed E-state index contributed by atoms with van der Waals surface area (Å²) in [5.41, 5.74) is 4.78. The Hall–Kier alpha value is -6.55. The Bertz CT molecular complexity index is 2840. The van der Waals surface area contributed by atoms with Gasteiger partial charge in [0.25, 0.3) is 5.91 Å². The van der Waals surface area contributed by atoms with Crippen LogP contribution in [-0.4, -0.2) is 73.4 Å². The molecule has 5 aromatic rings. The number of carbonyl (C=O) groups excluding carboxylic acids is 5. The maximum Gasteiger partial charge on any atom is 0.416 e. The van der Waals surface area contributed by atoms with Gasteiger partial charge in [0, 0.05) is 47.5 Å². The number of carbonyl (C=O) groups is 5. The molecule has 4 aromatic carbocycles. The van der Waals surface area contributed by atoms with Gasteiger partial charge in [0.1, 0.15) is 33.0 Å². The Morgan fingerprint density at radius 2 is 1.24 bits per heavy atom. The largest absolute Gasteiger partial charge is 0.487 e. The van der Waals surface area contributed by atoms with Crippen molar-refractivity contribution in [2.75, 3.05) is 30.3 Å². The molecule has 0 fully saturated rings. The fourth-order valence-electron chi connectivity index (χ4n) is 5.69. The standard InChI is InChI=1S/C15H11ClF3NO4.C12H6Cl3NO3.C10H6ClNO2.C7H12ClN5/c1-2-23-14-8-10(4-5-12(14)20(21)22)24-13-6-3-9(7-11(13)16)15(17,18)19;13-7-8(16-12(19)11(14)15)10(18)6-4-2-1-3-5(6)9(7)17;11-7-8(12)10(14)6-4-2-1-3-5(6)9(7)13;1-3-9-6-11-5(8)12-7(13-6)10-4-2/h3-8H,2H2,1H3;1-4,11H,(H,16,19);1-4H,12H2;3-4H2,1-2H3,(H2,9,10,11,12,13). The minimum atomic E-state index is -4.52. The normalized spacial score (nSPS) is 12.8. The molecule has 0 saturated heterocycles. The first-order valence-corrected chi connectivity index (χ1v) is 22.3.